The van der Waals surface area contributed by atoms with Crippen molar-refractivity contribution >= 4 is 17.5 Å². The van der Waals surface area contributed by atoms with Gasteiger partial charge in [0.25, 0.3) is 0 Å². The van der Waals surface area contributed by atoms with E-state index in [4.69, 9.17) is 15.2 Å². The molecule has 2 atom stereocenters. The number of ketones is 2. The molecule has 0 saturated heterocycles. The van der Waals surface area contributed by atoms with Crippen LogP contribution in [0, 0.1) is 0 Å². The Labute approximate surface area is 120 Å². The summed E-state index contributed by atoms with van der Waals surface area (Å²) in [7, 11) is 1.34. The van der Waals surface area contributed by atoms with Gasteiger partial charge in [-0.05, 0) is 0 Å². The molecule has 21 heavy (non-hydrogen) atoms. The lowest BCUT2D eigenvalue weighted by Crippen LogP contribution is -2.44. The Morgan fingerprint density at radius 2 is 1.86 bits per heavy atom. The summed E-state index contributed by atoms with van der Waals surface area (Å²) >= 11 is 0. The highest BCUT2D eigenvalue weighted by atomic mass is 16.7. The van der Waals surface area contributed by atoms with Gasteiger partial charge in [0.1, 0.15) is 6.10 Å². The quantitative estimate of drug-likeness (QED) is 0.859. The molecule has 0 spiro atoms. The van der Waals surface area contributed by atoms with E-state index in [1.54, 1.807) is 24.3 Å². The lowest BCUT2D eigenvalue weighted by molar-refractivity contribution is -0.159. The Bertz CT molecular complexity index is 691. The molecular formula is C15H13NO5. The van der Waals surface area contributed by atoms with E-state index in [9.17, 15) is 14.4 Å². The zero-order chi connectivity index (χ0) is 15.1. The summed E-state index contributed by atoms with van der Waals surface area (Å²) < 4.78 is 10.5. The van der Waals surface area contributed by atoms with Crippen LogP contribution >= 0.6 is 0 Å². The maximum absolute atomic E-state index is 12.6. The second kappa shape index (κ2) is 4.91. The molecule has 1 heterocycles. The van der Waals surface area contributed by atoms with Crippen LogP contribution in [0.5, 0.6) is 0 Å². The SMILES string of the molecule is COC1OC(C(N)=O)CC2=C1C(=O)c1ccccc1C2=O. The number of methoxy groups -OCH3 is 1. The number of carbonyl (C=O) groups is 3. The number of nitrogens with two attached hydrogens (primary N) is 1. The normalized spacial score (nSPS) is 24.6. The molecule has 1 aliphatic carbocycles. The Balaban J connectivity index is 2.15. The monoisotopic (exact) mass is 287 g/mol. The van der Waals surface area contributed by atoms with Crippen LogP contribution in [-0.4, -0.2) is 37.0 Å². The highest BCUT2D eigenvalue weighted by molar-refractivity contribution is 6.27. The molecule has 0 aromatic heterocycles. The number of hydrogen-bond acceptors (Lipinski definition) is 5. The molecule has 0 radical (unpaired) electrons. The number of primary amides is 1. The summed E-state index contributed by atoms with van der Waals surface area (Å²) in [4.78, 5) is 36.5. The zero-order valence-corrected chi connectivity index (χ0v) is 11.3. The fraction of sp³-hybridized carbons (Fsp3) is 0.267. The third-order valence-electron chi connectivity index (χ3n) is 3.70. The predicted molar refractivity (Wildman–Crippen MR) is 71.6 cm³/mol. The van der Waals surface area contributed by atoms with Crippen molar-refractivity contribution in [3.63, 3.8) is 0 Å². The van der Waals surface area contributed by atoms with Gasteiger partial charge in [-0.25, -0.2) is 0 Å². The van der Waals surface area contributed by atoms with E-state index in [2.05, 4.69) is 0 Å². The van der Waals surface area contributed by atoms with Gasteiger partial charge in [-0.2, -0.15) is 0 Å². The van der Waals surface area contributed by atoms with Crippen LogP contribution in [0.3, 0.4) is 0 Å². The van der Waals surface area contributed by atoms with Crippen molar-refractivity contribution in [2.75, 3.05) is 7.11 Å². The average Bonchev–Trinajstić information content (AvgIpc) is 2.51. The van der Waals surface area contributed by atoms with Gasteiger partial charge in [0.2, 0.25) is 5.91 Å². The van der Waals surface area contributed by atoms with Gasteiger partial charge in [-0.1, -0.05) is 24.3 Å². The molecule has 0 saturated carbocycles. The third kappa shape index (κ3) is 2.00. The molecule has 6 nitrogen and oxygen atoms in total. The number of ether oxygens (including phenoxy) is 2. The molecule has 0 bridgehead atoms. The molecule has 6 heteroatoms. The number of amides is 1. The number of hydrogen-bond donors (Lipinski definition) is 1. The largest absolute Gasteiger partial charge is 0.367 e. The fourth-order valence-electron chi connectivity index (χ4n) is 2.69. The summed E-state index contributed by atoms with van der Waals surface area (Å²) in [5.74, 6) is -1.28. The summed E-state index contributed by atoms with van der Waals surface area (Å²) in [5.41, 5.74) is 6.32. The van der Waals surface area contributed by atoms with Crippen molar-refractivity contribution in [3.05, 3.63) is 46.5 Å². The van der Waals surface area contributed by atoms with E-state index in [0.717, 1.165) is 0 Å². The maximum Gasteiger partial charge on any atom is 0.247 e. The molecule has 0 fully saturated rings. The summed E-state index contributed by atoms with van der Waals surface area (Å²) in [6, 6.07) is 6.56. The summed E-state index contributed by atoms with van der Waals surface area (Å²) in [6.45, 7) is 0. The molecule has 2 aliphatic rings. The summed E-state index contributed by atoms with van der Waals surface area (Å²) in [5, 5.41) is 0. The minimum absolute atomic E-state index is 0.0105. The van der Waals surface area contributed by atoms with Crippen molar-refractivity contribution in [1.82, 2.24) is 0 Å². The van der Waals surface area contributed by atoms with Gasteiger partial charge in [0.15, 0.2) is 17.9 Å². The first-order chi connectivity index (χ1) is 10.0. The van der Waals surface area contributed by atoms with Crippen molar-refractivity contribution in [2.45, 2.75) is 18.8 Å². The zero-order valence-electron chi connectivity index (χ0n) is 11.3. The molecule has 1 aromatic carbocycles. The van der Waals surface area contributed by atoms with Gasteiger partial charge in [0, 0.05) is 30.2 Å². The van der Waals surface area contributed by atoms with Crippen LogP contribution < -0.4 is 5.73 Å². The number of carbonyl (C=O) groups excluding carboxylic acids is 3. The lowest BCUT2D eigenvalue weighted by Gasteiger charge is -2.33. The molecule has 2 N–H and O–H groups in total. The standard InChI is InChI=1S/C15H13NO5/c1-20-15-11-9(6-10(21-15)14(16)19)12(17)7-4-2-3-5-8(7)13(11)18/h2-5,10,15H,6H2,1H3,(H2,16,19). The van der Waals surface area contributed by atoms with Crippen LogP contribution in [0.15, 0.2) is 35.4 Å². The van der Waals surface area contributed by atoms with Crippen LogP contribution in [0.4, 0.5) is 0 Å². The van der Waals surface area contributed by atoms with Crippen molar-refractivity contribution in [3.8, 4) is 0 Å². The maximum atomic E-state index is 12.6. The Hall–Kier alpha value is -2.31. The van der Waals surface area contributed by atoms with Gasteiger partial charge in [-0.3, -0.25) is 14.4 Å². The van der Waals surface area contributed by atoms with E-state index in [-0.39, 0.29) is 29.1 Å². The van der Waals surface area contributed by atoms with Crippen LogP contribution in [-0.2, 0) is 14.3 Å². The van der Waals surface area contributed by atoms with Gasteiger partial charge in [0.05, 0.1) is 5.57 Å². The van der Waals surface area contributed by atoms with Crippen LogP contribution in [0.2, 0.25) is 0 Å². The van der Waals surface area contributed by atoms with Crippen molar-refractivity contribution in [2.24, 2.45) is 5.73 Å². The molecule has 1 aromatic rings. The van der Waals surface area contributed by atoms with E-state index < -0.39 is 18.3 Å². The minimum Gasteiger partial charge on any atom is -0.367 e. The average molecular weight is 287 g/mol. The van der Waals surface area contributed by atoms with E-state index in [0.29, 0.717) is 11.1 Å². The number of rotatable bonds is 2. The Kier molecular flexibility index (Phi) is 3.19. The number of benzene rings is 1. The van der Waals surface area contributed by atoms with Gasteiger partial charge in [-0.15, -0.1) is 0 Å². The summed E-state index contributed by atoms with van der Waals surface area (Å²) in [6.07, 6.45) is -2.05. The van der Waals surface area contributed by atoms with Crippen molar-refractivity contribution < 1.29 is 23.9 Å². The molecule has 3 rings (SSSR count). The number of fused-ring (bicyclic) bond motifs is 1. The molecular weight excluding hydrogens is 274 g/mol. The fourth-order valence-corrected chi connectivity index (χ4v) is 2.69. The molecule has 1 aliphatic heterocycles. The first-order valence-corrected chi connectivity index (χ1v) is 6.43. The third-order valence-corrected chi connectivity index (χ3v) is 3.70. The minimum atomic E-state index is -1.06. The topological polar surface area (TPSA) is 95.7 Å². The van der Waals surface area contributed by atoms with Crippen LogP contribution in [0.25, 0.3) is 0 Å². The van der Waals surface area contributed by atoms with E-state index in [1.807, 2.05) is 0 Å². The highest BCUT2D eigenvalue weighted by Gasteiger charge is 2.42. The van der Waals surface area contributed by atoms with Crippen LogP contribution in [0.1, 0.15) is 27.1 Å². The van der Waals surface area contributed by atoms with E-state index >= 15 is 0 Å². The number of Topliss-reactive ketones (excluding diaryl/α,β-unsaturated/α-hetero) is 2. The van der Waals surface area contributed by atoms with Crippen molar-refractivity contribution in [1.29, 1.82) is 0 Å². The van der Waals surface area contributed by atoms with Gasteiger partial charge < -0.3 is 15.2 Å². The molecule has 2 unspecified atom stereocenters. The van der Waals surface area contributed by atoms with Gasteiger partial charge >= 0.3 is 0 Å². The second-order valence-electron chi connectivity index (χ2n) is 4.89. The smallest absolute Gasteiger partial charge is 0.247 e. The highest BCUT2D eigenvalue weighted by Crippen LogP contribution is 2.35. The Morgan fingerprint density at radius 3 is 2.43 bits per heavy atom. The first kappa shape index (κ1) is 13.7. The molecule has 1 amide bonds. The lowest BCUT2D eigenvalue weighted by atomic mass is 9.80. The second-order valence-corrected chi connectivity index (χ2v) is 4.89. The molecule has 108 valence electrons. The van der Waals surface area contributed by atoms with E-state index in [1.165, 1.54) is 7.11 Å². The predicted octanol–water partition coefficient (Wildman–Crippen LogP) is 0.609. The first-order valence-electron chi connectivity index (χ1n) is 6.43. The Morgan fingerprint density at radius 1 is 1.24 bits per heavy atom.